The molecule has 1 atom stereocenters. The molecule has 1 amide bonds. The van der Waals surface area contributed by atoms with Crippen LogP contribution in [-0.4, -0.2) is 31.1 Å². The Bertz CT molecular complexity index is 831. The van der Waals surface area contributed by atoms with Gasteiger partial charge in [-0.2, -0.15) is 0 Å². The average molecular weight is 353 g/mol. The number of ether oxygens (including phenoxy) is 2. The number of rotatable bonds is 5. The molecular weight excluding hydrogens is 330 g/mol. The summed E-state index contributed by atoms with van der Waals surface area (Å²) in [5, 5.41) is 0. The zero-order valence-corrected chi connectivity index (χ0v) is 15.3. The average Bonchev–Trinajstić information content (AvgIpc) is 3.06. The van der Waals surface area contributed by atoms with Gasteiger partial charge in [0.2, 0.25) is 0 Å². The van der Waals surface area contributed by atoms with Crippen LogP contribution in [0.4, 0.5) is 5.69 Å². The van der Waals surface area contributed by atoms with Crippen LogP contribution in [0.3, 0.4) is 0 Å². The Labute approximate surface area is 153 Å². The molecule has 1 heterocycles. The van der Waals surface area contributed by atoms with E-state index in [-0.39, 0.29) is 12.5 Å². The second-order valence-corrected chi connectivity index (χ2v) is 6.49. The van der Waals surface area contributed by atoms with Crippen LogP contribution in [0.15, 0.2) is 42.5 Å². The molecule has 0 saturated carbocycles. The molecule has 0 saturated heterocycles. The lowest BCUT2D eigenvalue weighted by molar-refractivity contribution is -0.155. The first-order valence-corrected chi connectivity index (χ1v) is 8.75. The maximum atomic E-state index is 12.6. The number of esters is 1. The van der Waals surface area contributed by atoms with Crippen LogP contribution in [0.5, 0.6) is 5.75 Å². The second-order valence-electron chi connectivity index (χ2n) is 6.49. The van der Waals surface area contributed by atoms with Crippen molar-refractivity contribution in [3.8, 4) is 5.75 Å². The minimum atomic E-state index is -0.851. The highest BCUT2D eigenvalue weighted by molar-refractivity contribution is 5.99. The molecule has 0 fully saturated rings. The lowest BCUT2D eigenvalue weighted by Crippen LogP contribution is -2.39. The summed E-state index contributed by atoms with van der Waals surface area (Å²) >= 11 is 0. The number of hydrogen-bond donors (Lipinski definition) is 0. The molecule has 5 heteroatoms. The van der Waals surface area contributed by atoms with Crippen molar-refractivity contribution >= 4 is 17.6 Å². The Balaban J connectivity index is 1.56. The molecule has 2 aromatic carbocycles. The lowest BCUT2D eigenvalue weighted by atomic mass is 10.1. The van der Waals surface area contributed by atoms with E-state index in [1.807, 2.05) is 56.3 Å². The van der Waals surface area contributed by atoms with Crippen LogP contribution >= 0.6 is 0 Å². The topological polar surface area (TPSA) is 55.8 Å². The van der Waals surface area contributed by atoms with E-state index in [0.29, 0.717) is 12.3 Å². The second kappa shape index (κ2) is 7.60. The molecule has 136 valence electrons. The highest BCUT2D eigenvalue weighted by Gasteiger charge is 2.29. The standard InChI is InChI=1S/C21H23NO4/c1-14-7-6-10-19(15(14)2)25-13-20(23)26-16(3)21(24)22-12-11-17-8-4-5-9-18(17)22/h4-10,16H,11-13H2,1-3H3/t16-/m1/s1. The van der Waals surface area contributed by atoms with E-state index in [9.17, 15) is 9.59 Å². The molecule has 0 spiro atoms. The first-order valence-electron chi connectivity index (χ1n) is 8.75. The van der Waals surface area contributed by atoms with Crippen LogP contribution in [-0.2, 0) is 20.7 Å². The molecule has 0 bridgehead atoms. The van der Waals surface area contributed by atoms with Crippen molar-refractivity contribution in [2.75, 3.05) is 18.1 Å². The van der Waals surface area contributed by atoms with E-state index < -0.39 is 12.1 Å². The fourth-order valence-corrected chi connectivity index (χ4v) is 3.09. The van der Waals surface area contributed by atoms with Crippen molar-refractivity contribution in [1.82, 2.24) is 0 Å². The summed E-state index contributed by atoms with van der Waals surface area (Å²) < 4.78 is 10.8. The predicted molar refractivity (Wildman–Crippen MR) is 99.5 cm³/mol. The van der Waals surface area contributed by atoms with Gasteiger partial charge in [-0.3, -0.25) is 4.79 Å². The van der Waals surface area contributed by atoms with Gasteiger partial charge in [0, 0.05) is 12.2 Å². The Hall–Kier alpha value is -2.82. The number of carbonyl (C=O) groups excluding carboxylic acids is 2. The molecule has 1 aliphatic heterocycles. The van der Waals surface area contributed by atoms with Gasteiger partial charge in [-0.25, -0.2) is 4.79 Å². The summed E-state index contributed by atoms with van der Waals surface area (Å²) in [6.45, 7) is 5.90. The van der Waals surface area contributed by atoms with Gasteiger partial charge < -0.3 is 14.4 Å². The van der Waals surface area contributed by atoms with Crippen molar-refractivity contribution in [2.45, 2.75) is 33.3 Å². The molecule has 1 aliphatic rings. The fraction of sp³-hybridized carbons (Fsp3) is 0.333. The predicted octanol–water partition coefficient (Wildman–Crippen LogP) is 3.20. The molecule has 26 heavy (non-hydrogen) atoms. The first kappa shape index (κ1) is 18.0. The third kappa shape index (κ3) is 3.72. The summed E-state index contributed by atoms with van der Waals surface area (Å²) in [5.41, 5.74) is 4.11. The SMILES string of the molecule is Cc1cccc(OCC(=O)O[C@H](C)C(=O)N2CCc3ccccc32)c1C. The van der Waals surface area contributed by atoms with E-state index in [0.717, 1.165) is 28.8 Å². The summed E-state index contributed by atoms with van der Waals surface area (Å²) in [6, 6.07) is 13.5. The third-order valence-electron chi connectivity index (χ3n) is 4.71. The van der Waals surface area contributed by atoms with Crippen LogP contribution in [0.25, 0.3) is 0 Å². The van der Waals surface area contributed by atoms with Crippen molar-refractivity contribution in [1.29, 1.82) is 0 Å². The van der Waals surface area contributed by atoms with Crippen molar-refractivity contribution < 1.29 is 19.1 Å². The van der Waals surface area contributed by atoms with Gasteiger partial charge >= 0.3 is 5.97 Å². The minimum absolute atomic E-state index is 0.213. The monoisotopic (exact) mass is 353 g/mol. The summed E-state index contributed by atoms with van der Waals surface area (Å²) in [7, 11) is 0. The number of para-hydroxylation sites is 1. The number of nitrogens with zero attached hydrogens (tertiary/aromatic N) is 1. The van der Waals surface area contributed by atoms with E-state index in [2.05, 4.69) is 0 Å². The lowest BCUT2D eigenvalue weighted by Gasteiger charge is -2.21. The Morgan fingerprint density at radius 2 is 1.88 bits per heavy atom. The maximum absolute atomic E-state index is 12.6. The van der Waals surface area contributed by atoms with Crippen molar-refractivity contribution in [3.05, 3.63) is 59.2 Å². The van der Waals surface area contributed by atoms with Crippen molar-refractivity contribution in [3.63, 3.8) is 0 Å². The number of aryl methyl sites for hydroxylation is 1. The molecule has 5 nitrogen and oxygen atoms in total. The van der Waals surface area contributed by atoms with Gasteiger partial charge in [0.05, 0.1) is 0 Å². The van der Waals surface area contributed by atoms with Crippen LogP contribution in [0, 0.1) is 13.8 Å². The molecule has 0 aliphatic carbocycles. The number of benzene rings is 2. The van der Waals surface area contributed by atoms with E-state index in [1.165, 1.54) is 0 Å². The zero-order valence-electron chi connectivity index (χ0n) is 15.3. The number of amides is 1. The highest BCUT2D eigenvalue weighted by atomic mass is 16.6. The number of carbonyl (C=O) groups is 2. The molecule has 3 rings (SSSR count). The Morgan fingerprint density at radius 1 is 1.12 bits per heavy atom. The molecule has 0 N–H and O–H groups in total. The fourth-order valence-electron chi connectivity index (χ4n) is 3.09. The third-order valence-corrected chi connectivity index (χ3v) is 4.71. The maximum Gasteiger partial charge on any atom is 0.344 e. The molecule has 0 unspecified atom stereocenters. The Morgan fingerprint density at radius 3 is 2.69 bits per heavy atom. The minimum Gasteiger partial charge on any atom is -0.482 e. The van der Waals surface area contributed by atoms with Gasteiger partial charge in [0.25, 0.3) is 5.91 Å². The van der Waals surface area contributed by atoms with E-state index >= 15 is 0 Å². The molecular formula is C21H23NO4. The van der Waals surface area contributed by atoms with E-state index in [1.54, 1.807) is 11.8 Å². The number of hydrogen-bond acceptors (Lipinski definition) is 4. The van der Waals surface area contributed by atoms with Gasteiger partial charge in [0.1, 0.15) is 5.75 Å². The number of anilines is 1. The highest BCUT2D eigenvalue weighted by Crippen LogP contribution is 2.28. The zero-order chi connectivity index (χ0) is 18.7. The van der Waals surface area contributed by atoms with E-state index in [4.69, 9.17) is 9.47 Å². The normalized spacial score (nSPS) is 13.9. The van der Waals surface area contributed by atoms with Crippen LogP contribution < -0.4 is 9.64 Å². The Kier molecular flexibility index (Phi) is 5.26. The van der Waals surface area contributed by atoms with Crippen LogP contribution in [0.1, 0.15) is 23.6 Å². The van der Waals surface area contributed by atoms with Crippen LogP contribution in [0.2, 0.25) is 0 Å². The van der Waals surface area contributed by atoms with Gasteiger partial charge in [-0.05, 0) is 56.0 Å². The summed E-state index contributed by atoms with van der Waals surface area (Å²) in [6.07, 6.45) is -0.0333. The van der Waals surface area contributed by atoms with Gasteiger partial charge in [0.15, 0.2) is 12.7 Å². The molecule has 2 aromatic rings. The first-order chi connectivity index (χ1) is 12.5. The largest absolute Gasteiger partial charge is 0.482 e. The summed E-state index contributed by atoms with van der Waals surface area (Å²) in [5.74, 6) is -0.122. The number of fused-ring (bicyclic) bond motifs is 1. The molecule has 0 radical (unpaired) electrons. The molecule has 0 aromatic heterocycles. The quantitative estimate of drug-likeness (QED) is 0.775. The summed E-state index contributed by atoms with van der Waals surface area (Å²) in [4.78, 5) is 26.4. The van der Waals surface area contributed by atoms with Crippen molar-refractivity contribution in [2.24, 2.45) is 0 Å². The smallest absolute Gasteiger partial charge is 0.344 e. The van der Waals surface area contributed by atoms with Gasteiger partial charge in [-0.1, -0.05) is 30.3 Å². The van der Waals surface area contributed by atoms with Gasteiger partial charge in [-0.15, -0.1) is 0 Å².